The highest BCUT2D eigenvalue weighted by atomic mass is 19.1. The first-order valence-electron chi connectivity index (χ1n) is 8.51. The molecule has 0 saturated heterocycles. The molecule has 28 heavy (non-hydrogen) atoms. The van der Waals surface area contributed by atoms with Gasteiger partial charge in [0.2, 0.25) is 6.79 Å². The van der Waals surface area contributed by atoms with Crippen molar-refractivity contribution in [3.05, 3.63) is 47.8 Å². The second-order valence-corrected chi connectivity index (χ2v) is 6.02. The molecule has 2 atom stereocenters. The molecular formula is C19H20FNO7. The summed E-state index contributed by atoms with van der Waals surface area (Å²) in [6.45, 7) is -0.114. The maximum Gasteiger partial charge on any atom is 0.412 e. The Labute approximate surface area is 160 Å². The number of halogens is 1. The van der Waals surface area contributed by atoms with E-state index < -0.39 is 29.9 Å². The number of ether oxygens (including phenoxy) is 4. The van der Waals surface area contributed by atoms with Crippen molar-refractivity contribution in [2.75, 3.05) is 25.8 Å². The lowest BCUT2D eigenvalue weighted by molar-refractivity contribution is -0.0307. The van der Waals surface area contributed by atoms with Crippen LogP contribution in [0.5, 0.6) is 17.2 Å². The molecule has 0 aromatic heterocycles. The van der Waals surface area contributed by atoms with Crippen LogP contribution in [-0.4, -0.2) is 42.9 Å². The number of amides is 1. The molecule has 2 aromatic rings. The number of carbonyl (C=O) groups is 1. The summed E-state index contributed by atoms with van der Waals surface area (Å²) in [5, 5.41) is 21.2. The van der Waals surface area contributed by atoms with Gasteiger partial charge in [0.15, 0.2) is 29.2 Å². The van der Waals surface area contributed by atoms with E-state index in [1.54, 1.807) is 18.2 Å². The molecule has 0 saturated carbocycles. The third-order valence-electron chi connectivity index (χ3n) is 4.21. The van der Waals surface area contributed by atoms with Crippen LogP contribution < -0.4 is 14.8 Å². The molecule has 0 aliphatic carbocycles. The molecule has 3 rings (SSSR count). The Balaban J connectivity index is 1.77. The van der Waals surface area contributed by atoms with Gasteiger partial charge in [-0.1, -0.05) is 6.07 Å². The number of phenolic OH excluding ortho intramolecular Hbond substituents is 1. The summed E-state index contributed by atoms with van der Waals surface area (Å²) in [7, 11) is 1.39. The van der Waals surface area contributed by atoms with Crippen molar-refractivity contribution in [1.29, 1.82) is 0 Å². The summed E-state index contributed by atoms with van der Waals surface area (Å²) in [5.41, 5.74) is 0.692. The second kappa shape index (κ2) is 8.77. The molecule has 0 bridgehead atoms. The number of aliphatic hydroxyl groups excluding tert-OH is 1. The van der Waals surface area contributed by atoms with Crippen molar-refractivity contribution >= 4 is 11.8 Å². The van der Waals surface area contributed by atoms with Crippen LogP contribution in [0.1, 0.15) is 18.1 Å². The minimum atomic E-state index is -1.01. The first-order chi connectivity index (χ1) is 13.5. The number of rotatable bonds is 7. The van der Waals surface area contributed by atoms with E-state index in [1.807, 2.05) is 0 Å². The number of methoxy groups -OCH3 is 1. The van der Waals surface area contributed by atoms with Crippen LogP contribution in [0, 0.1) is 5.82 Å². The first kappa shape index (κ1) is 19.7. The molecule has 150 valence electrons. The van der Waals surface area contributed by atoms with Gasteiger partial charge >= 0.3 is 6.09 Å². The van der Waals surface area contributed by atoms with Crippen LogP contribution in [0.3, 0.4) is 0 Å². The average Bonchev–Trinajstić information content (AvgIpc) is 3.14. The fourth-order valence-corrected chi connectivity index (χ4v) is 2.82. The zero-order valence-corrected chi connectivity index (χ0v) is 15.1. The summed E-state index contributed by atoms with van der Waals surface area (Å²) in [6.07, 6.45) is -2.39. The predicted molar refractivity (Wildman–Crippen MR) is 96.0 cm³/mol. The van der Waals surface area contributed by atoms with Crippen molar-refractivity contribution < 1.29 is 38.3 Å². The highest BCUT2D eigenvalue weighted by molar-refractivity contribution is 5.85. The molecule has 1 aliphatic rings. The second-order valence-electron chi connectivity index (χ2n) is 6.02. The van der Waals surface area contributed by atoms with Crippen molar-refractivity contribution in [1.82, 2.24) is 0 Å². The van der Waals surface area contributed by atoms with Crippen LogP contribution in [0.25, 0.3) is 0 Å². The van der Waals surface area contributed by atoms with Crippen LogP contribution in [0.4, 0.5) is 14.9 Å². The van der Waals surface area contributed by atoms with Crippen molar-refractivity contribution in [3.8, 4) is 17.2 Å². The third kappa shape index (κ3) is 4.44. The predicted octanol–water partition coefficient (Wildman–Crippen LogP) is 2.95. The third-order valence-corrected chi connectivity index (χ3v) is 4.21. The number of hydrogen-bond acceptors (Lipinski definition) is 7. The van der Waals surface area contributed by atoms with Crippen molar-refractivity contribution in [2.24, 2.45) is 0 Å². The molecular weight excluding hydrogens is 373 g/mol. The van der Waals surface area contributed by atoms with E-state index in [-0.39, 0.29) is 25.4 Å². The number of nitrogens with one attached hydrogen (secondary N) is 1. The maximum atomic E-state index is 13.8. The quantitative estimate of drug-likeness (QED) is 0.664. The maximum absolute atomic E-state index is 13.8. The summed E-state index contributed by atoms with van der Waals surface area (Å²) < 4.78 is 35.0. The molecule has 0 unspecified atom stereocenters. The van der Waals surface area contributed by atoms with E-state index in [4.69, 9.17) is 18.9 Å². The molecule has 3 N–H and O–H groups in total. The van der Waals surface area contributed by atoms with Crippen molar-refractivity contribution in [3.63, 3.8) is 0 Å². The standard InChI is InChI=1S/C19H20FNO7/c1-25-16(6-7-22)18(11-2-4-14(23)13(20)8-11)28-19(24)21-12-3-5-15-17(9-12)27-10-26-15/h2-5,8-9,16,18,22-23H,6-7,10H2,1H3,(H,21,24)/t16-,18-/m0/s1. The number of carbonyl (C=O) groups excluding carboxylic acids is 1. The molecule has 0 spiro atoms. The Morgan fingerprint density at radius 3 is 2.75 bits per heavy atom. The molecule has 1 amide bonds. The Hall–Kier alpha value is -3.04. The number of fused-ring (bicyclic) bond motifs is 1. The number of phenols is 1. The molecule has 0 radical (unpaired) electrons. The highest BCUT2D eigenvalue weighted by Gasteiger charge is 2.28. The molecule has 2 aromatic carbocycles. The molecule has 1 aliphatic heterocycles. The van der Waals surface area contributed by atoms with Gasteiger partial charge in [0.25, 0.3) is 0 Å². The summed E-state index contributed by atoms with van der Waals surface area (Å²) in [5.74, 6) is -0.326. The Kier molecular flexibility index (Phi) is 6.17. The Bertz CT molecular complexity index is 845. The minimum Gasteiger partial charge on any atom is -0.505 e. The zero-order chi connectivity index (χ0) is 20.1. The van der Waals surface area contributed by atoms with Gasteiger partial charge in [-0.25, -0.2) is 9.18 Å². The van der Waals surface area contributed by atoms with E-state index in [0.717, 1.165) is 12.1 Å². The minimum absolute atomic E-state index is 0.106. The molecule has 9 heteroatoms. The topological polar surface area (TPSA) is 106 Å². The van der Waals surface area contributed by atoms with Gasteiger partial charge in [0.05, 0.1) is 0 Å². The molecule has 0 fully saturated rings. The SMILES string of the molecule is CO[C@@H](CCO)[C@@H](OC(=O)Nc1ccc2c(c1)OCO2)c1ccc(O)c(F)c1. The highest BCUT2D eigenvalue weighted by Crippen LogP contribution is 2.34. The van der Waals surface area contributed by atoms with Crippen LogP contribution in [0.2, 0.25) is 0 Å². The van der Waals surface area contributed by atoms with Crippen LogP contribution in [0.15, 0.2) is 36.4 Å². The Morgan fingerprint density at radius 2 is 2.04 bits per heavy atom. The van der Waals surface area contributed by atoms with Gasteiger partial charge in [-0.2, -0.15) is 0 Å². The normalized spacial score (nSPS) is 14.4. The van der Waals surface area contributed by atoms with E-state index in [1.165, 1.54) is 13.2 Å². The monoisotopic (exact) mass is 393 g/mol. The van der Waals surface area contributed by atoms with E-state index in [2.05, 4.69) is 5.32 Å². The Morgan fingerprint density at radius 1 is 1.25 bits per heavy atom. The summed E-state index contributed by atoms with van der Waals surface area (Å²) in [4.78, 5) is 12.4. The lowest BCUT2D eigenvalue weighted by Gasteiger charge is -2.26. The summed E-state index contributed by atoms with van der Waals surface area (Å²) >= 11 is 0. The zero-order valence-electron chi connectivity index (χ0n) is 15.1. The number of benzene rings is 2. The molecule has 1 heterocycles. The van der Waals surface area contributed by atoms with Crippen molar-refractivity contribution in [2.45, 2.75) is 18.6 Å². The van der Waals surface area contributed by atoms with E-state index in [9.17, 15) is 19.4 Å². The number of aliphatic hydroxyl groups is 1. The van der Waals surface area contributed by atoms with Gasteiger partial charge in [-0.3, -0.25) is 5.32 Å². The summed E-state index contributed by atoms with van der Waals surface area (Å²) in [6, 6.07) is 8.47. The largest absolute Gasteiger partial charge is 0.505 e. The lowest BCUT2D eigenvalue weighted by atomic mass is 10.0. The number of hydrogen-bond donors (Lipinski definition) is 3. The van der Waals surface area contributed by atoms with E-state index in [0.29, 0.717) is 17.2 Å². The fourth-order valence-electron chi connectivity index (χ4n) is 2.82. The molecule has 8 nitrogen and oxygen atoms in total. The number of aromatic hydroxyl groups is 1. The first-order valence-corrected chi connectivity index (χ1v) is 8.51. The fraction of sp³-hybridized carbons (Fsp3) is 0.316. The van der Waals surface area contributed by atoms with Crippen LogP contribution >= 0.6 is 0 Å². The lowest BCUT2D eigenvalue weighted by Crippen LogP contribution is -2.29. The van der Waals surface area contributed by atoms with Gasteiger partial charge < -0.3 is 29.2 Å². The van der Waals surface area contributed by atoms with E-state index >= 15 is 0 Å². The van der Waals surface area contributed by atoms with Gasteiger partial charge in [-0.05, 0) is 29.8 Å². The number of anilines is 1. The van der Waals surface area contributed by atoms with Gasteiger partial charge in [-0.15, -0.1) is 0 Å². The average molecular weight is 393 g/mol. The van der Waals surface area contributed by atoms with Gasteiger partial charge in [0.1, 0.15) is 6.10 Å². The smallest absolute Gasteiger partial charge is 0.412 e. The van der Waals surface area contributed by atoms with Gasteiger partial charge in [0, 0.05) is 31.9 Å². The van der Waals surface area contributed by atoms with Crippen LogP contribution in [-0.2, 0) is 9.47 Å².